The predicted molar refractivity (Wildman–Crippen MR) is 72.5 cm³/mol. The van der Waals surface area contributed by atoms with Crippen LogP contribution in [0.2, 0.25) is 0 Å². The molecule has 1 N–H and O–H groups in total. The summed E-state index contributed by atoms with van der Waals surface area (Å²) in [6, 6.07) is 5.79. The Balaban J connectivity index is 2.02. The van der Waals surface area contributed by atoms with Crippen molar-refractivity contribution in [1.82, 2.24) is 9.80 Å². The smallest absolute Gasteiger partial charge is 0.270 e. The van der Waals surface area contributed by atoms with Crippen LogP contribution in [0.4, 0.5) is 5.69 Å². The summed E-state index contributed by atoms with van der Waals surface area (Å²) in [6.07, 6.45) is 0. The Kier molecular flexibility index (Phi) is 4.65. The first-order chi connectivity index (χ1) is 9.61. The van der Waals surface area contributed by atoms with Gasteiger partial charge in [-0.1, -0.05) is 6.07 Å². The third kappa shape index (κ3) is 3.31. The van der Waals surface area contributed by atoms with Gasteiger partial charge in [0.2, 0.25) is 0 Å². The minimum Gasteiger partial charge on any atom is -0.395 e. The van der Waals surface area contributed by atoms with Crippen molar-refractivity contribution in [2.24, 2.45) is 0 Å². The number of aliphatic hydroxyl groups is 1. The van der Waals surface area contributed by atoms with Crippen molar-refractivity contribution >= 4 is 11.6 Å². The molecule has 0 radical (unpaired) electrons. The maximum atomic E-state index is 12.3. The average molecular weight is 279 g/mol. The number of non-ortho nitro benzene ring substituents is 1. The first-order valence-corrected chi connectivity index (χ1v) is 6.49. The number of carbonyl (C=O) groups is 1. The molecule has 1 fully saturated rings. The van der Waals surface area contributed by atoms with Gasteiger partial charge < -0.3 is 10.0 Å². The molecule has 0 atom stereocenters. The molecule has 1 aromatic carbocycles. The maximum Gasteiger partial charge on any atom is 0.270 e. The lowest BCUT2D eigenvalue weighted by Crippen LogP contribution is -2.49. The first-order valence-electron chi connectivity index (χ1n) is 6.49. The summed E-state index contributed by atoms with van der Waals surface area (Å²) in [4.78, 5) is 26.3. The molecule has 0 spiro atoms. The number of hydrogen-bond acceptors (Lipinski definition) is 5. The van der Waals surface area contributed by atoms with Crippen LogP contribution in [0.15, 0.2) is 24.3 Å². The predicted octanol–water partition coefficient (Wildman–Crippen LogP) is 0.345. The van der Waals surface area contributed by atoms with E-state index in [1.807, 2.05) is 0 Å². The second kappa shape index (κ2) is 6.44. The molecule has 108 valence electrons. The normalized spacial score (nSPS) is 16.1. The fourth-order valence-electron chi connectivity index (χ4n) is 2.25. The molecule has 1 aromatic rings. The van der Waals surface area contributed by atoms with E-state index in [2.05, 4.69) is 4.90 Å². The van der Waals surface area contributed by atoms with Gasteiger partial charge in [-0.05, 0) is 6.07 Å². The largest absolute Gasteiger partial charge is 0.395 e. The molecule has 0 aliphatic carbocycles. The number of nitro benzene ring substituents is 1. The number of nitrogens with zero attached hydrogens (tertiary/aromatic N) is 3. The van der Waals surface area contributed by atoms with E-state index in [0.29, 0.717) is 38.3 Å². The molecule has 0 aromatic heterocycles. The average Bonchev–Trinajstić information content (AvgIpc) is 2.48. The lowest BCUT2D eigenvalue weighted by molar-refractivity contribution is -0.384. The Morgan fingerprint density at radius 1 is 1.30 bits per heavy atom. The van der Waals surface area contributed by atoms with E-state index >= 15 is 0 Å². The van der Waals surface area contributed by atoms with Crippen LogP contribution in [0, 0.1) is 10.1 Å². The number of rotatable bonds is 4. The van der Waals surface area contributed by atoms with Crippen molar-refractivity contribution < 1.29 is 14.8 Å². The van der Waals surface area contributed by atoms with Gasteiger partial charge in [0.15, 0.2) is 0 Å². The molecular weight excluding hydrogens is 262 g/mol. The van der Waals surface area contributed by atoms with E-state index in [9.17, 15) is 14.9 Å². The Morgan fingerprint density at radius 2 is 2.00 bits per heavy atom. The maximum absolute atomic E-state index is 12.3. The van der Waals surface area contributed by atoms with Crippen LogP contribution in [0.5, 0.6) is 0 Å². The summed E-state index contributed by atoms with van der Waals surface area (Å²) in [7, 11) is 0. The van der Waals surface area contributed by atoms with E-state index in [4.69, 9.17) is 5.11 Å². The minimum atomic E-state index is -0.504. The van der Waals surface area contributed by atoms with Crippen LogP contribution in [0.3, 0.4) is 0 Å². The van der Waals surface area contributed by atoms with E-state index in [1.54, 1.807) is 11.0 Å². The third-order valence-electron chi connectivity index (χ3n) is 3.38. The molecule has 1 aliphatic heterocycles. The lowest BCUT2D eigenvalue weighted by atomic mass is 10.1. The number of amides is 1. The number of piperazine rings is 1. The zero-order valence-electron chi connectivity index (χ0n) is 11.1. The minimum absolute atomic E-state index is 0.0743. The Bertz CT molecular complexity index is 498. The van der Waals surface area contributed by atoms with Crippen LogP contribution in [-0.4, -0.2) is 65.1 Å². The Labute approximate surface area is 116 Å². The molecule has 1 amide bonds. The zero-order valence-corrected chi connectivity index (χ0v) is 11.1. The van der Waals surface area contributed by atoms with Gasteiger partial charge >= 0.3 is 0 Å². The SMILES string of the molecule is O=C(c1cccc([N+](=O)[O-])c1)N1CCN(CCO)CC1. The summed E-state index contributed by atoms with van der Waals surface area (Å²) >= 11 is 0. The molecule has 7 nitrogen and oxygen atoms in total. The van der Waals surface area contributed by atoms with Gasteiger partial charge in [-0.3, -0.25) is 19.8 Å². The molecule has 20 heavy (non-hydrogen) atoms. The highest BCUT2D eigenvalue weighted by molar-refractivity contribution is 5.94. The highest BCUT2D eigenvalue weighted by atomic mass is 16.6. The number of carbonyl (C=O) groups excluding carboxylic acids is 1. The summed E-state index contributed by atoms with van der Waals surface area (Å²) in [5.74, 6) is -0.183. The van der Waals surface area contributed by atoms with Crippen molar-refractivity contribution in [3.63, 3.8) is 0 Å². The van der Waals surface area contributed by atoms with Crippen LogP contribution >= 0.6 is 0 Å². The molecule has 1 aliphatic rings. The summed E-state index contributed by atoms with van der Waals surface area (Å²) in [5.41, 5.74) is 0.268. The van der Waals surface area contributed by atoms with Crippen molar-refractivity contribution in [2.45, 2.75) is 0 Å². The second-order valence-corrected chi connectivity index (χ2v) is 4.66. The quantitative estimate of drug-likeness (QED) is 0.634. The molecule has 0 unspecified atom stereocenters. The third-order valence-corrected chi connectivity index (χ3v) is 3.38. The topological polar surface area (TPSA) is 86.9 Å². The number of nitro groups is 1. The van der Waals surface area contributed by atoms with Gasteiger partial charge in [0.1, 0.15) is 0 Å². The van der Waals surface area contributed by atoms with Gasteiger partial charge in [0.05, 0.1) is 11.5 Å². The molecule has 7 heteroatoms. The van der Waals surface area contributed by atoms with Crippen LogP contribution in [0.1, 0.15) is 10.4 Å². The molecule has 1 saturated heterocycles. The van der Waals surface area contributed by atoms with E-state index < -0.39 is 4.92 Å². The number of hydrogen-bond donors (Lipinski definition) is 1. The van der Waals surface area contributed by atoms with Gasteiger partial charge in [-0.2, -0.15) is 0 Å². The van der Waals surface area contributed by atoms with Crippen molar-refractivity contribution in [3.05, 3.63) is 39.9 Å². The van der Waals surface area contributed by atoms with E-state index in [1.165, 1.54) is 18.2 Å². The van der Waals surface area contributed by atoms with E-state index in [-0.39, 0.29) is 18.2 Å². The van der Waals surface area contributed by atoms with Crippen LogP contribution in [-0.2, 0) is 0 Å². The molecule has 0 saturated carbocycles. The van der Waals surface area contributed by atoms with Crippen molar-refractivity contribution in [2.75, 3.05) is 39.3 Å². The fraction of sp³-hybridized carbons (Fsp3) is 0.462. The lowest BCUT2D eigenvalue weighted by Gasteiger charge is -2.34. The Morgan fingerprint density at radius 3 is 2.60 bits per heavy atom. The van der Waals surface area contributed by atoms with Crippen LogP contribution < -0.4 is 0 Å². The summed E-state index contributed by atoms with van der Waals surface area (Å²) < 4.78 is 0. The zero-order chi connectivity index (χ0) is 14.5. The van der Waals surface area contributed by atoms with Gasteiger partial charge in [0, 0.05) is 50.4 Å². The molecular formula is C13H17N3O4. The number of benzene rings is 1. The number of β-amino-alcohol motifs (C(OH)–C–C–N with tert-alkyl or cyclic N) is 1. The van der Waals surface area contributed by atoms with E-state index in [0.717, 1.165) is 0 Å². The van der Waals surface area contributed by atoms with Crippen molar-refractivity contribution in [1.29, 1.82) is 0 Å². The Hall–Kier alpha value is -1.99. The second-order valence-electron chi connectivity index (χ2n) is 4.66. The fourth-order valence-corrected chi connectivity index (χ4v) is 2.25. The van der Waals surface area contributed by atoms with Gasteiger partial charge in [0.25, 0.3) is 11.6 Å². The molecule has 0 bridgehead atoms. The first kappa shape index (κ1) is 14.4. The monoisotopic (exact) mass is 279 g/mol. The summed E-state index contributed by atoms with van der Waals surface area (Å²) in [6.45, 7) is 3.28. The van der Waals surface area contributed by atoms with Crippen LogP contribution in [0.25, 0.3) is 0 Å². The molecule has 1 heterocycles. The van der Waals surface area contributed by atoms with Crippen molar-refractivity contribution in [3.8, 4) is 0 Å². The number of aliphatic hydroxyl groups excluding tert-OH is 1. The highest BCUT2D eigenvalue weighted by Crippen LogP contribution is 2.15. The van der Waals surface area contributed by atoms with Gasteiger partial charge in [-0.15, -0.1) is 0 Å². The summed E-state index contributed by atoms with van der Waals surface area (Å²) in [5, 5.41) is 19.6. The standard InChI is InChI=1S/C13H17N3O4/c17-9-8-14-4-6-15(7-5-14)13(18)11-2-1-3-12(10-11)16(19)20/h1-3,10,17H,4-9H2. The highest BCUT2D eigenvalue weighted by Gasteiger charge is 2.22. The molecule has 2 rings (SSSR count). The van der Waals surface area contributed by atoms with Gasteiger partial charge in [-0.25, -0.2) is 0 Å².